The van der Waals surface area contributed by atoms with Crippen molar-refractivity contribution in [2.24, 2.45) is 0 Å². The molecule has 2 aromatic rings. The first kappa shape index (κ1) is 17.4. The highest BCUT2D eigenvalue weighted by Crippen LogP contribution is 2.19. The van der Waals surface area contributed by atoms with Gasteiger partial charge in [-0.05, 0) is 12.1 Å². The second-order valence-corrected chi connectivity index (χ2v) is 4.79. The Labute approximate surface area is 137 Å². The number of nitrogens with one attached hydrogen (secondary N) is 1. The molecule has 2 rings (SSSR count). The van der Waals surface area contributed by atoms with Crippen LogP contribution in [0.2, 0.25) is 0 Å². The monoisotopic (exact) mass is 335 g/mol. The van der Waals surface area contributed by atoms with Crippen LogP contribution >= 0.6 is 0 Å². The molecule has 2 N–H and O–H groups in total. The highest BCUT2D eigenvalue weighted by atomic mass is 16.5. The molecule has 1 aromatic carbocycles. The van der Waals surface area contributed by atoms with E-state index in [2.05, 4.69) is 15.5 Å². The van der Waals surface area contributed by atoms with Gasteiger partial charge in [0.25, 0.3) is 5.91 Å². The number of aryl methyl sites for hydroxylation is 1. The van der Waals surface area contributed by atoms with Gasteiger partial charge in [0.15, 0.2) is 12.7 Å². The molecule has 9 nitrogen and oxygen atoms in total. The van der Waals surface area contributed by atoms with E-state index in [-0.39, 0.29) is 18.7 Å². The van der Waals surface area contributed by atoms with Crippen molar-refractivity contribution in [1.29, 1.82) is 0 Å². The number of amides is 1. The van der Waals surface area contributed by atoms with Crippen LogP contribution in [0.1, 0.15) is 22.1 Å². The third-order valence-corrected chi connectivity index (χ3v) is 3.07. The summed E-state index contributed by atoms with van der Waals surface area (Å²) in [5.74, 6) is -0.540. The first-order valence-corrected chi connectivity index (χ1v) is 7.06. The van der Waals surface area contributed by atoms with Gasteiger partial charge in [-0.25, -0.2) is 4.79 Å². The Kier molecular flexibility index (Phi) is 5.85. The van der Waals surface area contributed by atoms with Crippen molar-refractivity contribution in [1.82, 2.24) is 15.5 Å². The molecule has 0 spiro atoms. The van der Waals surface area contributed by atoms with E-state index in [0.29, 0.717) is 17.5 Å². The van der Waals surface area contributed by atoms with E-state index in [9.17, 15) is 9.59 Å². The quantitative estimate of drug-likeness (QED) is 0.725. The zero-order chi connectivity index (χ0) is 17.5. The predicted molar refractivity (Wildman–Crippen MR) is 80.6 cm³/mol. The lowest BCUT2D eigenvalue weighted by Crippen LogP contribution is -2.37. The number of carbonyl (C=O) groups excluding carboxylic acids is 1. The van der Waals surface area contributed by atoms with Crippen LogP contribution < -0.4 is 10.1 Å². The molecule has 0 radical (unpaired) electrons. The molecule has 0 saturated heterocycles. The lowest BCUT2D eigenvalue weighted by Gasteiger charge is -2.13. The number of rotatable bonds is 8. The number of ether oxygens (including phenoxy) is 2. The summed E-state index contributed by atoms with van der Waals surface area (Å²) < 4.78 is 15.1. The predicted octanol–water partition coefficient (Wildman–Crippen LogP) is 0.786. The number of benzene rings is 1. The Morgan fingerprint density at radius 3 is 2.75 bits per heavy atom. The average molecular weight is 335 g/mol. The van der Waals surface area contributed by atoms with Crippen LogP contribution in [0.3, 0.4) is 0 Å². The Bertz CT molecular complexity index is 715. The van der Waals surface area contributed by atoms with Crippen molar-refractivity contribution >= 4 is 11.9 Å². The van der Waals surface area contributed by atoms with E-state index in [1.165, 1.54) is 7.11 Å². The van der Waals surface area contributed by atoms with Crippen LogP contribution in [0.25, 0.3) is 0 Å². The molecule has 9 heteroatoms. The maximum absolute atomic E-state index is 12.2. The largest absolute Gasteiger partial charge is 0.485 e. The molecular weight excluding hydrogens is 318 g/mol. The highest BCUT2D eigenvalue weighted by molar-refractivity contribution is 5.97. The standard InChI is InChI=1S/C15H17N3O6/c1-9-17-13(18-24-9)8-23-11-6-4-3-5-10(11)14(19)16-7-12(22-2)15(20)21/h3-6,12H,7-8H2,1-2H3,(H,16,19)(H,20,21). The summed E-state index contributed by atoms with van der Waals surface area (Å²) in [4.78, 5) is 27.1. The van der Waals surface area contributed by atoms with Gasteiger partial charge in [-0.1, -0.05) is 17.3 Å². The van der Waals surface area contributed by atoms with Gasteiger partial charge in [0, 0.05) is 14.0 Å². The summed E-state index contributed by atoms with van der Waals surface area (Å²) in [5, 5.41) is 15.1. The highest BCUT2D eigenvalue weighted by Gasteiger charge is 2.19. The van der Waals surface area contributed by atoms with Crippen LogP contribution in [0.5, 0.6) is 5.75 Å². The van der Waals surface area contributed by atoms with Gasteiger partial charge in [0.1, 0.15) is 5.75 Å². The molecule has 1 heterocycles. The molecule has 1 unspecified atom stereocenters. The Balaban J connectivity index is 2.01. The van der Waals surface area contributed by atoms with Gasteiger partial charge < -0.3 is 24.4 Å². The average Bonchev–Trinajstić information content (AvgIpc) is 2.98. The van der Waals surface area contributed by atoms with Crippen molar-refractivity contribution in [2.75, 3.05) is 13.7 Å². The van der Waals surface area contributed by atoms with Crippen molar-refractivity contribution in [3.63, 3.8) is 0 Å². The normalized spacial score (nSPS) is 11.8. The molecule has 128 valence electrons. The zero-order valence-corrected chi connectivity index (χ0v) is 13.2. The minimum atomic E-state index is -1.16. The molecule has 0 bridgehead atoms. The van der Waals surface area contributed by atoms with Crippen molar-refractivity contribution in [2.45, 2.75) is 19.6 Å². The molecule has 0 saturated carbocycles. The summed E-state index contributed by atoms with van der Waals surface area (Å²) in [5.41, 5.74) is 0.262. The van der Waals surface area contributed by atoms with E-state index in [1.54, 1.807) is 31.2 Å². The van der Waals surface area contributed by atoms with Crippen LogP contribution in [0, 0.1) is 6.92 Å². The van der Waals surface area contributed by atoms with Gasteiger partial charge in [-0.2, -0.15) is 4.98 Å². The lowest BCUT2D eigenvalue weighted by atomic mass is 10.2. The third kappa shape index (κ3) is 4.53. The lowest BCUT2D eigenvalue weighted by molar-refractivity contribution is -0.148. The van der Waals surface area contributed by atoms with E-state index >= 15 is 0 Å². The summed E-state index contributed by atoms with van der Waals surface area (Å²) in [6.45, 7) is 1.53. The number of carboxylic acids is 1. The second kappa shape index (κ2) is 8.06. The van der Waals surface area contributed by atoms with Crippen LogP contribution in [0.15, 0.2) is 28.8 Å². The molecule has 0 aliphatic rings. The zero-order valence-electron chi connectivity index (χ0n) is 13.2. The first-order chi connectivity index (χ1) is 11.5. The Morgan fingerprint density at radius 2 is 2.12 bits per heavy atom. The van der Waals surface area contributed by atoms with Gasteiger partial charge in [-0.15, -0.1) is 0 Å². The number of hydrogen-bond acceptors (Lipinski definition) is 7. The van der Waals surface area contributed by atoms with Gasteiger partial charge in [-0.3, -0.25) is 4.79 Å². The maximum Gasteiger partial charge on any atom is 0.334 e. The number of aromatic nitrogens is 2. The van der Waals surface area contributed by atoms with E-state index < -0.39 is 18.0 Å². The second-order valence-electron chi connectivity index (χ2n) is 4.79. The number of carbonyl (C=O) groups is 2. The SMILES string of the molecule is COC(CNC(=O)c1ccccc1OCc1noc(C)n1)C(=O)O. The van der Waals surface area contributed by atoms with Crippen molar-refractivity contribution in [3.8, 4) is 5.75 Å². The molecule has 1 amide bonds. The van der Waals surface area contributed by atoms with Crippen LogP contribution in [-0.4, -0.2) is 46.9 Å². The fourth-order valence-corrected chi connectivity index (χ4v) is 1.87. The summed E-state index contributed by atoms with van der Waals surface area (Å²) >= 11 is 0. The fraction of sp³-hybridized carbons (Fsp3) is 0.333. The smallest absolute Gasteiger partial charge is 0.334 e. The minimum absolute atomic E-state index is 0.0391. The molecule has 0 fully saturated rings. The number of methoxy groups -OCH3 is 1. The van der Waals surface area contributed by atoms with Crippen LogP contribution in [0.4, 0.5) is 0 Å². The topological polar surface area (TPSA) is 124 Å². The number of nitrogens with zero attached hydrogens (tertiary/aromatic N) is 2. The van der Waals surface area contributed by atoms with Gasteiger partial charge >= 0.3 is 5.97 Å². The molecule has 0 aliphatic carbocycles. The number of aliphatic carboxylic acids is 1. The molecule has 1 atom stereocenters. The molecule has 0 aliphatic heterocycles. The van der Waals surface area contributed by atoms with E-state index in [4.69, 9.17) is 19.1 Å². The molecule has 1 aromatic heterocycles. The summed E-state index contributed by atoms with van der Waals surface area (Å²) in [6.07, 6.45) is -1.12. The maximum atomic E-state index is 12.2. The Hall–Kier alpha value is -2.94. The van der Waals surface area contributed by atoms with Crippen molar-refractivity contribution < 1.29 is 28.7 Å². The molecule has 24 heavy (non-hydrogen) atoms. The first-order valence-electron chi connectivity index (χ1n) is 7.06. The van der Waals surface area contributed by atoms with E-state index in [0.717, 1.165) is 0 Å². The third-order valence-electron chi connectivity index (χ3n) is 3.07. The van der Waals surface area contributed by atoms with Crippen molar-refractivity contribution in [3.05, 3.63) is 41.5 Å². The van der Waals surface area contributed by atoms with Gasteiger partial charge in [0.2, 0.25) is 11.7 Å². The number of hydrogen-bond donors (Lipinski definition) is 2. The minimum Gasteiger partial charge on any atom is -0.485 e. The molecular formula is C15H17N3O6. The van der Waals surface area contributed by atoms with E-state index in [1.807, 2.05) is 0 Å². The summed E-state index contributed by atoms with van der Waals surface area (Å²) in [7, 11) is 1.26. The number of para-hydroxylation sites is 1. The Morgan fingerprint density at radius 1 is 1.38 bits per heavy atom. The number of carboxylic acid groups (broad SMARTS) is 1. The summed E-state index contributed by atoms with van der Waals surface area (Å²) in [6, 6.07) is 6.57. The fourth-order valence-electron chi connectivity index (χ4n) is 1.87. The van der Waals surface area contributed by atoms with Gasteiger partial charge in [0.05, 0.1) is 12.1 Å². The van der Waals surface area contributed by atoms with Crippen LogP contribution in [-0.2, 0) is 16.1 Å².